The largest absolute Gasteiger partial charge is 0.493 e. The lowest BCUT2D eigenvalue weighted by molar-refractivity contribution is 0.417. The van der Waals surface area contributed by atoms with Crippen LogP contribution in [-0.4, -0.2) is 12.1 Å². The molecule has 0 atom stereocenters. The maximum atomic E-state index is 5.39. The van der Waals surface area contributed by atoms with Crippen LogP contribution in [-0.2, 0) is 0 Å². The van der Waals surface area contributed by atoms with Crippen LogP contribution in [0.4, 0.5) is 5.69 Å². The third-order valence-corrected chi connectivity index (χ3v) is 0.958. The number of nitrogen functional groups attached to an aromatic ring is 1. The van der Waals surface area contributed by atoms with E-state index in [9.17, 15) is 0 Å². The van der Waals surface area contributed by atoms with Crippen LogP contribution < -0.4 is 10.5 Å². The van der Waals surface area contributed by atoms with E-state index in [1.807, 2.05) is 0 Å². The molecule has 1 aromatic heterocycles. The van der Waals surface area contributed by atoms with E-state index in [0.29, 0.717) is 11.4 Å². The van der Waals surface area contributed by atoms with Crippen LogP contribution >= 0.6 is 0 Å². The van der Waals surface area contributed by atoms with Crippen LogP contribution in [0.25, 0.3) is 0 Å². The Balaban J connectivity index is 2.92. The molecule has 0 saturated heterocycles. The van der Waals surface area contributed by atoms with Crippen molar-refractivity contribution < 1.29 is 4.74 Å². The molecule has 44 valence electrons. The maximum Gasteiger partial charge on any atom is 0.159 e. The van der Waals surface area contributed by atoms with E-state index in [0.717, 1.165) is 0 Å². The number of hydrogen-bond donors (Lipinski definition) is 2. The molecule has 0 aromatic carbocycles. The van der Waals surface area contributed by atoms with E-state index in [2.05, 4.69) is 4.98 Å². The number of rotatable bonds is 1. The van der Waals surface area contributed by atoms with Gasteiger partial charge < -0.3 is 15.5 Å². The zero-order valence-corrected chi connectivity index (χ0v) is 4.64. The standard InChI is InChI=1S/C5H8N2O/c1-8-5-3-7-2-4(5)6/h2-3,7H,6H2,1H3. The van der Waals surface area contributed by atoms with Gasteiger partial charge in [0, 0.05) is 12.4 Å². The summed E-state index contributed by atoms with van der Waals surface area (Å²) >= 11 is 0. The molecule has 0 aliphatic heterocycles. The van der Waals surface area contributed by atoms with Crippen LogP contribution in [0.3, 0.4) is 0 Å². The molecule has 1 heterocycles. The third-order valence-electron chi connectivity index (χ3n) is 0.958. The van der Waals surface area contributed by atoms with Gasteiger partial charge in [-0.1, -0.05) is 0 Å². The number of anilines is 1. The normalized spacial score (nSPS) is 9.12. The number of nitrogens with two attached hydrogens (primary N) is 1. The fraction of sp³-hybridized carbons (Fsp3) is 0.200. The Morgan fingerprint density at radius 1 is 1.62 bits per heavy atom. The molecule has 3 nitrogen and oxygen atoms in total. The minimum atomic E-state index is 0.646. The van der Waals surface area contributed by atoms with Crippen molar-refractivity contribution in [2.45, 2.75) is 0 Å². The summed E-state index contributed by atoms with van der Waals surface area (Å²) in [6.07, 6.45) is 3.38. The Morgan fingerprint density at radius 3 is 2.62 bits per heavy atom. The molecule has 0 amide bonds. The van der Waals surface area contributed by atoms with Gasteiger partial charge in [0.15, 0.2) is 5.75 Å². The van der Waals surface area contributed by atoms with Crippen LogP contribution in [0.1, 0.15) is 0 Å². The summed E-state index contributed by atoms with van der Waals surface area (Å²) in [7, 11) is 1.58. The second-order valence-corrected chi connectivity index (χ2v) is 1.48. The average molecular weight is 112 g/mol. The average Bonchev–Trinajstić information content (AvgIpc) is 2.14. The number of ether oxygens (including phenoxy) is 1. The second-order valence-electron chi connectivity index (χ2n) is 1.48. The van der Waals surface area contributed by atoms with E-state index < -0.39 is 0 Å². The Kier molecular flexibility index (Phi) is 1.12. The zero-order valence-electron chi connectivity index (χ0n) is 4.64. The van der Waals surface area contributed by atoms with Gasteiger partial charge in [-0.05, 0) is 0 Å². The highest BCUT2D eigenvalue weighted by Gasteiger charge is 1.94. The molecule has 3 heteroatoms. The second kappa shape index (κ2) is 1.78. The molecule has 0 unspecified atom stereocenters. The summed E-state index contributed by atoms with van der Waals surface area (Å²) in [5, 5.41) is 0. The van der Waals surface area contributed by atoms with Crippen LogP contribution in [0, 0.1) is 0 Å². The first-order valence-electron chi connectivity index (χ1n) is 2.31. The summed E-state index contributed by atoms with van der Waals surface area (Å²) in [6.45, 7) is 0. The summed E-state index contributed by atoms with van der Waals surface area (Å²) < 4.78 is 4.83. The molecular formula is C5H8N2O. The molecule has 0 saturated carbocycles. The SMILES string of the molecule is COc1c[nH]cc1N. The van der Waals surface area contributed by atoms with Gasteiger partial charge in [0.05, 0.1) is 12.8 Å². The molecule has 1 rings (SSSR count). The molecule has 1 aromatic rings. The minimum absolute atomic E-state index is 0.646. The molecule has 8 heavy (non-hydrogen) atoms. The highest BCUT2D eigenvalue weighted by molar-refractivity contribution is 5.49. The quantitative estimate of drug-likeness (QED) is 0.559. The predicted octanol–water partition coefficient (Wildman–Crippen LogP) is 0.605. The van der Waals surface area contributed by atoms with Gasteiger partial charge in [-0.2, -0.15) is 0 Å². The number of H-pyrrole nitrogens is 1. The summed E-state index contributed by atoms with van der Waals surface area (Å²) in [6, 6.07) is 0. The number of aromatic amines is 1. The monoisotopic (exact) mass is 112 g/mol. The molecule has 3 N–H and O–H groups in total. The smallest absolute Gasteiger partial charge is 0.159 e. The number of nitrogens with one attached hydrogen (secondary N) is 1. The minimum Gasteiger partial charge on any atom is -0.493 e. The summed E-state index contributed by atoms with van der Waals surface area (Å²) in [5.41, 5.74) is 6.04. The molecule has 0 aliphatic carbocycles. The number of methoxy groups -OCH3 is 1. The first-order chi connectivity index (χ1) is 3.84. The van der Waals surface area contributed by atoms with Gasteiger partial charge in [-0.3, -0.25) is 0 Å². The fourth-order valence-corrected chi connectivity index (χ4v) is 0.538. The highest BCUT2D eigenvalue weighted by atomic mass is 16.5. The van der Waals surface area contributed by atoms with Crippen LogP contribution in [0.15, 0.2) is 12.4 Å². The van der Waals surface area contributed by atoms with Gasteiger partial charge >= 0.3 is 0 Å². The van der Waals surface area contributed by atoms with Crippen molar-refractivity contribution in [3.63, 3.8) is 0 Å². The number of aromatic nitrogens is 1. The summed E-state index contributed by atoms with van der Waals surface area (Å²) in [5.74, 6) is 0.699. The highest BCUT2D eigenvalue weighted by Crippen LogP contribution is 2.17. The van der Waals surface area contributed by atoms with Gasteiger partial charge in [-0.25, -0.2) is 0 Å². The van der Waals surface area contributed by atoms with Gasteiger partial charge in [0.2, 0.25) is 0 Å². The zero-order chi connectivity index (χ0) is 5.98. The molecule has 0 radical (unpaired) electrons. The Bertz CT molecular complexity index is 171. The van der Waals surface area contributed by atoms with Gasteiger partial charge in [0.25, 0.3) is 0 Å². The van der Waals surface area contributed by atoms with Gasteiger partial charge in [-0.15, -0.1) is 0 Å². The first kappa shape index (κ1) is 5.03. The van der Waals surface area contributed by atoms with Crippen LogP contribution in [0.5, 0.6) is 5.75 Å². The third kappa shape index (κ3) is 0.621. The molecule has 0 aliphatic rings. The van der Waals surface area contributed by atoms with Crippen molar-refractivity contribution in [2.75, 3.05) is 12.8 Å². The Labute approximate surface area is 47.5 Å². The van der Waals surface area contributed by atoms with Crippen molar-refractivity contribution in [1.29, 1.82) is 0 Å². The van der Waals surface area contributed by atoms with E-state index in [4.69, 9.17) is 10.5 Å². The molecule has 0 bridgehead atoms. The lowest BCUT2D eigenvalue weighted by Gasteiger charge is -1.92. The van der Waals surface area contributed by atoms with E-state index in [-0.39, 0.29) is 0 Å². The topological polar surface area (TPSA) is 51.0 Å². The fourth-order valence-electron chi connectivity index (χ4n) is 0.538. The Morgan fingerprint density at radius 2 is 2.38 bits per heavy atom. The maximum absolute atomic E-state index is 5.39. The van der Waals surface area contributed by atoms with E-state index in [1.165, 1.54) is 0 Å². The lowest BCUT2D eigenvalue weighted by Crippen LogP contribution is -1.85. The molecule has 0 fully saturated rings. The van der Waals surface area contributed by atoms with Gasteiger partial charge in [0.1, 0.15) is 0 Å². The number of hydrogen-bond acceptors (Lipinski definition) is 2. The van der Waals surface area contributed by atoms with Crippen molar-refractivity contribution in [1.82, 2.24) is 4.98 Å². The lowest BCUT2D eigenvalue weighted by atomic mass is 10.5. The van der Waals surface area contributed by atoms with Crippen molar-refractivity contribution in [2.24, 2.45) is 0 Å². The van der Waals surface area contributed by atoms with E-state index in [1.54, 1.807) is 19.5 Å². The summed E-state index contributed by atoms with van der Waals surface area (Å²) in [4.78, 5) is 2.80. The van der Waals surface area contributed by atoms with Crippen molar-refractivity contribution in [3.05, 3.63) is 12.4 Å². The first-order valence-corrected chi connectivity index (χ1v) is 2.31. The van der Waals surface area contributed by atoms with Crippen LogP contribution in [0.2, 0.25) is 0 Å². The molecular weight excluding hydrogens is 104 g/mol. The van der Waals surface area contributed by atoms with Crippen molar-refractivity contribution in [3.8, 4) is 5.75 Å². The Hall–Kier alpha value is -1.12. The predicted molar refractivity (Wildman–Crippen MR) is 31.8 cm³/mol. The molecule has 0 spiro atoms. The van der Waals surface area contributed by atoms with Crippen molar-refractivity contribution >= 4 is 5.69 Å². The van der Waals surface area contributed by atoms with E-state index >= 15 is 0 Å².